The standard InChI is InChI=1S/C19H27NO2/c1-12-8-16-17(9-15(12)19(5)10-14(19)11-21)20(13(2)22)7-6-18(16,3)4/h8-9,14,21H,6-7,10-11H2,1-5H3/t14-,19-/m0/s1. The second-order valence-corrected chi connectivity index (χ2v) is 7.99. The minimum absolute atomic E-state index is 0.0674. The van der Waals surface area contributed by atoms with Crippen LogP contribution in [0.5, 0.6) is 0 Å². The van der Waals surface area contributed by atoms with Gasteiger partial charge in [-0.1, -0.05) is 26.8 Å². The molecule has 3 rings (SSSR count). The Morgan fingerprint density at radius 3 is 2.55 bits per heavy atom. The second-order valence-electron chi connectivity index (χ2n) is 7.99. The van der Waals surface area contributed by atoms with E-state index in [4.69, 9.17) is 0 Å². The van der Waals surface area contributed by atoms with Crippen LogP contribution in [0.15, 0.2) is 12.1 Å². The van der Waals surface area contributed by atoms with Gasteiger partial charge in [0.2, 0.25) is 5.91 Å². The number of rotatable bonds is 2. The summed E-state index contributed by atoms with van der Waals surface area (Å²) in [4.78, 5) is 14.0. The van der Waals surface area contributed by atoms with Gasteiger partial charge in [-0.25, -0.2) is 0 Å². The van der Waals surface area contributed by atoms with Gasteiger partial charge < -0.3 is 10.0 Å². The Kier molecular flexibility index (Phi) is 3.41. The maximum atomic E-state index is 12.0. The van der Waals surface area contributed by atoms with Crippen molar-refractivity contribution in [2.24, 2.45) is 5.92 Å². The number of amides is 1. The van der Waals surface area contributed by atoms with Crippen molar-refractivity contribution in [3.63, 3.8) is 0 Å². The van der Waals surface area contributed by atoms with E-state index in [-0.39, 0.29) is 23.3 Å². The van der Waals surface area contributed by atoms with E-state index < -0.39 is 0 Å². The van der Waals surface area contributed by atoms with Crippen molar-refractivity contribution in [3.8, 4) is 0 Å². The average molecular weight is 301 g/mol. The van der Waals surface area contributed by atoms with Crippen LogP contribution < -0.4 is 4.90 Å². The lowest BCUT2D eigenvalue weighted by molar-refractivity contribution is -0.116. The van der Waals surface area contributed by atoms with Crippen molar-refractivity contribution in [1.82, 2.24) is 0 Å². The molecule has 3 nitrogen and oxygen atoms in total. The number of hydrogen-bond donors (Lipinski definition) is 1. The molecule has 2 atom stereocenters. The first-order valence-electron chi connectivity index (χ1n) is 8.25. The van der Waals surface area contributed by atoms with E-state index in [1.165, 1.54) is 16.7 Å². The monoisotopic (exact) mass is 301 g/mol. The summed E-state index contributed by atoms with van der Waals surface area (Å²) in [5, 5.41) is 9.49. The number of fused-ring (bicyclic) bond motifs is 1. The molecule has 120 valence electrons. The summed E-state index contributed by atoms with van der Waals surface area (Å²) in [6.07, 6.45) is 2.03. The van der Waals surface area contributed by atoms with Crippen LogP contribution in [0.25, 0.3) is 0 Å². The highest BCUT2D eigenvalue weighted by molar-refractivity contribution is 5.93. The Morgan fingerprint density at radius 2 is 2.00 bits per heavy atom. The van der Waals surface area contributed by atoms with Crippen LogP contribution in [-0.4, -0.2) is 24.2 Å². The normalized spacial score (nSPS) is 29.2. The van der Waals surface area contributed by atoms with Gasteiger partial charge in [0.1, 0.15) is 0 Å². The number of nitrogens with zero attached hydrogens (tertiary/aromatic N) is 1. The van der Waals surface area contributed by atoms with E-state index in [2.05, 4.69) is 39.8 Å². The van der Waals surface area contributed by atoms with Crippen LogP contribution in [0.4, 0.5) is 5.69 Å². The summed E-state index contributed by atoms with van der Waals surface area (Å²) in [6, 6.07) is 4.50. The third-order valence-corrected chi connectivity index (χ3v) is 5.95. The Bertz CT molecular complexity index is 635. The molecule has 1 aliphatic heterocycles. The molecule has 0 spiro atoms. The molecule has 1 N–H and O–H groups in total. The van der Waals surface area contributed by atoms with Crippen molar-refractivity contribution >= 4 is 11.6 Å². The molecule has 1 aliphatic carbocycles. The molecule has 1 fully saturated rings. The Balaban J connectivity index is 2.14. The maximum absolute atomic E-state index is 12.0. The molecule has 1 saturated carbocycles. The topological polar surface area (TPSA) is 40.5 Å². The van der Waals surface area contributed by atoms with Crippen LogP contribution >= 0.6 is 0 Å². The van der Waals surface area contributed by atoms with Gasteiger partial charge in [-0.3, -0.25) is 4.79 Å². The molecule has 3 heteroatoms. The predicted octanol–water partition coefficient (Wildman–Crippen LogP) is 3.30. The first-order valence-corrected chi connectivity index (χ1v) is 8.25. The molecule has 1 aromatic rings. The van der Waals surface area contributed by atoms with Gasteiger partial charge in [0.25, 0.3) is 0 Å². The van der Waals surface area contributed by atoms with Gasteiger partial charge in [-0.05, 0) is 59.3 Å². The van der Waals surface area contributed by atoms with Crippen molar-refractivity contribution in [2.45, 2.75) is 58.3 Å². The van der Waals surface area contributed by atoms with Gasteiger partial charge >= 0.3 is 0 Å². The van der Waals surface area contributed by atoms with Crippen LogP contribution in [0.2, 0.25) is 0 Å². The summed E-state index contributed by atoms with van der Waals surface area (Å²) in [6.45, 7) is 11.6. The molecule has 0 radical (unpaired) electrons. The largest absolute Gasteiger partial charge is 0.396 e. The summed E-state index contributed by atoms with van der Waals surface area (Å²) in [5.74, 6) is 0.470. The summed E-state index contributed by atoms with van der Waals surface area (Å²) < 4.78 is 0. The lowest BCUT2D eigenvalue weighted by Crippen LogP contribution is -2.40. The van der Waals surface area contributed by atoms with Crippen LogP contribution in [-0.2, 0) is 15.6 Å². The lowest BCUT2D eigenvalue weighted by atomic mass is 9.75. The van der Waals surface area contributed by atoms with Crippen molar-refractivity contribution in [3.05, 3.63) is 28.8 Å². The Labute approximate surface area is 133 Å². The zero-order valence-electron chi connectivity index (χ0n) is 14.4. The number of anilines is 1. The molecule has 22 heavy (non-hydrogen) atoms. The molecule has 0 aromatic heterocycles. The molecule has 1 amide bonds. The fourth-order valence-corrected chi connectivity index (χ4v) is 4.10. The van der Waals surface area contributed by atoms with Gasteiger partial charge in [-0.15, -0.1) is 0 Å². The summed E-state index contributed by atoms with van der Waals surface area (Å²) in [7, 11) is 0. The Hall–Kier alpha value is -1.35. The number of aliphatic hydroxyl groups is 1. The predicted molar refractivity (Wildman–Crippen MR) is 89.4 cm³/mol. The molecule has 0 saturated heterocycles. The zero-order valence-corrected chi connectivity index (χ0v) is 14.4. The van der Waals surface area contributed by atoms with Gasteiger partial charge in [-0.2, -0.15) is 0 Å². The molecule has 0 bridgehead atoms. The average Bonchev–Trinajstić information content (AvgIpc) is 3.10. The molecule has 1 heterocycles. The number of benzene rings is 1. The van der Waals surface area contributed by atoms with Gasteiger partial charge in [0.05, 0.1) is 0 Å². The fraction of sp³-hybridized carbons (Fsp3) is 0.632. The van der Waals surface area contributed by atoms with Crippen molar-refractivity contribution in [1.29, 1.82) is 0 Å². The SMILES string of the molecule is CC(=O)N1CCC(C)(C)c2cc(C)c([C@@]3(C)C[C@H]3CO)cc21. The van der Waals surface area contributed by atoms with Crippen molar-refractivity contribution in [2.75, 3.05) is 18.1 Å². The first-order chi connectivity index (χ1) is 10.2. The van der Waals surface area contributed by atoms with E-state index in [1.807, 2.05) is 4.90 Å². The third kappa shape index (κ3) is 2.18. The van der Waals surface area contributed by atoms with E-state index in [0.29, 0.717) is 5.92 Å². The van der Waals surface area contributed by atoms with Crippen LogP contribution in [0.3, 0.4) is 0 Å². The quantitative estimate of drug-likeness (QED) is 0.910. The first kappa shape index (κ1) is 15.5. The number of carbonyl (C=O) groups is 1. The minimum Gasteiger partial charge on any atom is -0.396 e. The summed E-state index contributed by atoms with van der Waals surface area (Å²) in [5.41, 5.74) is 5.11. The van der Waals surface area contributed by atoms with E-state index in [1.54, 1.807) is 6.92 Å². The van der Waals surface area contributed by atoms with E-state index in [0.717, 1.165) is 25.1 Å². The molecule has 0 unspecified atom stereocenters. The highest BCUT2D eigenvalue weighted by Gasteiger charge is 2.51. The maximum Gasteiger partial charge on any atom is 0.223 e. The fourth-order valence-electron chi connectivity index (χ4n) is 4.10. The zero-order chi connectivity index (χ0) is 16.3. The molecule has 1 aromatic carbocycles. The highest BCUT2D eigenvalue weighted by Crippen LogP contribution is 2.56. The molecular formula is C19H27NO2. The number of hydrogen-bond acceptors (Lipinski definition) is 2. The minimum atomic E-state index is 0.0674. The number of aryl methyl sites for hydroxylation is 1. The lowest BCUT2D eigenvalue weighted by Gasteiger charge is -2.40. The smallest absolute Gasteiger partial charge is 0.223 e. The van der Waals surface area contributed by atoms with E-state index in [9.17, 15) is 9.90 Å². The number of carbonyl (C=O) groups excluding carboxylic acids is 1. The summed E-state index contributed by atoms with van der Waals surface area (Å²) >= 11 is 0. The number of aliphatic hydroxyl groups excluding tert-OH is 1. The third-order valence-electron chi connectivity index (χ3n) is 5.95. The second kappa shape index (κ2) is 4.82. The van der Waals surface area contributed by atoms with E-state index >= 15 is 0 Å². The van der Waals surface area contributed by atoms with Gasteiger partial charge in [0.15, 0.2) is 0 Å². The van der Waals surface area contributed by atoms with Crippen molar-refractivity contribution < 1.29 is 9.90 Å². The van der Waals surface area contributed by atoms with Crippen LogP contribution in [0.1, 0.15) is 57.2 Å². The molecule has 2 aliphatic rings. The Morgan fingerprint density at radius 1 is 1.32 bits per heavy atom. The highest BCUT2D eigenvalue weighted by atomic mass is 16.3. The van der Waals surface area contributed by atoms with Gasteiger partial charge in [0, 0.05) is 25.8 Å². The van der Waals surface area contributed by atoms with Crippen LogP contribution in [0, 0.1) is 12.8 Å². The molecular weight excluding hydrogens is 274 g/mol.